The van der Waals surface area contributed by atoms with Crippen molar-refractivity contribution in [1.29, 1.82) is 0 Å². The number of rotatable bonds is 7. The number of anilines is 3. The van der Waals surface area contributed by atoms with Crippen molar-refractivity contribution >= 4 is 57.2 Å². The molecule has 1 amide bonds. The van der Waals surface area contributed by atoms with Crippen molar-refractivity contribution in [2.24, 2.45) is 0 Å². The Hall–Kier alpha value is -2.36. The molecule has 2 N–H and O–H groups in total. The Morgan fingerprint density at radius 1 is 1.31 bits per heavy atom. The van der Waals surface area contributed by atoms with E-state index in [0.29, 0.717) is 20.3 Å². The average molecular weight is 408 g/mol. The largest absolute Gasteiger partial charge is 0.497 e. The highest BCUT2D eigenvalue weighted by Gasteiger charge is 2.09. The molecule has 134 valence electrons. The Morgan fingerprint density at radius 3 is 2.96 bits per heavy atom. The number of carbonyl (C=O) groups excluding carboxylic acids is 1. The number of amides is 1. The summed E-state index contributed by atoms with van der Waals surface area (Å²) in [7, 11) is 1.61. The quantitative estimate of drug-likeness (QED) is 0.570. The van der Waals surface area contributed by atoms with E-state index in [-0.39, 0.29) is 11.7 Å². The van der Waals surface area contributed by atoms with Crippen LogP contribution in [0.15, 0.2) is 46.9 Å². The minimum Gasteiger partial charge on any atom is -0.497 e. The lowest BCUT2D eigenvalue weighted by atomic mass is 10.3. The number of thioether (sulfide) groups is 1. The highest BCUT2D eigenvalue weighted by atomic mass is 35.5. The van der Waals surface area contributed by atoms with Crippen LogP contribution in [0.2, 0.25) is 5.02 Å². The Kier molecular flexibility index (Phi) is 6.26. The molecule has 10 heteroatoms. The third kappa shape index (κ3) is 5.32. The molecule has 0 bridgehead atoms. The summed E-state index contributed by atoms with van der Waals surface area (Å²) in [6.45, 7) is 0. The van der Waals surface area contributed by atoms with Crippen molar-refractivity contribution in [2.75, 3.05) is 23.5 Å². The molecule has 3 aromatic rings. The highest BCUT2D eigenvalue weighted by molar-refractivity contribution is 8.01. The molecular formula is C16H14ClN5O2S2. The van der Waals surface area contributed by atoms with Crippen molar-refractivity contribution in [3.05, 3.63) is 47.6 Å². The van der Waals surface area contributed by atoms with Crippen LogP contribution in [-0.2, 0) is 4.79 Å². The molecule has 1 aromatic carbocycles. The number of hydrogen-bond donors (Lipinski definition) is 2. The van der Waals surface area contributed by atoms with E-state index >= 15 is 0 Å². The summed E-state index contributed by atoms with van der Waals surface area (Å²) in [4.78, 5) is 16.0. The fraction of sp³-hybridized carbons (Fsp3) is 0.125. The first-order valence-electron chi connectivity index (χ1n) is 7.41. The molecule has 0 fully saturated rings. The Bertz CT molecular complexity index is 888. The van der Waals surface area contributed by atoms with Crippen LogP contribution >= 0.6 is 34.7 Å². The topological polar surface area (TPSA) is 89.0 Å². The molecule has 0 aliphatic carbocycles. The van der Waals surface area contributed by atoms with Gasteiger partial charge in [-0.3, -0.25) is 4.79 Å². The molecule has 0 radical (unpaired) electrons. The van der Waals surface area contributed by atoms with Crippen molar-refractivity contribution in [1.82, 2.24) is 15.2 Å². The van der Waals surface area contributed by atoms with Crippen LogP contribution in [0.25, 0.3) is 0 Å². The number of benzene rings is 1. The van der Waals surface area contributed by atoms with Crippen molar-refractivity contribution < 1.29 is 9.53 Å². The number of halogens is 1. The van der Waals surface area contributed by atoms with Gasteiger partial charge in [-0.2, -0.15) is 0 Å². The molecule has 7 nitrogen and oxygen atoms in total. The van der Waals surface area contributed by atoms with Crippen molar-refractivity contribution in [3.8, 4) is 5.75 Å². The lowest BCUT2D eigenvalue weighted by Gasteiger charge is -2.04. The SMILES string of the molecule is COc1cccc(Nc2nnc(SCC(=O)Nc3ccc(Cl)cn3)s2)c1. The summed E-state index contributed by atoms with van der Waals surface area (Å²) in [5.41, 5.74) is 0.851. The van der Waals surface area contributed by atoms with Gasteiger partial charge < -0.3 is 15.4 Å². The monoisotopic (exact) mass is 407 g/mol. The molecule has 2 aromatic heterocycles. The predicted octanol–water partition coefficient (Wildman–Crippen LogP) is 4.07. The maximum Gasteiger partial charge on any atom is 0.235 e. The van der Waals surface area contributed by atoms with Gasteiger partial charge in [0.2, 0.25) is 11.0 Å². The van der Waals surface area contributed by atoms with Gasteiger partial charge >= 0.3 is 0 Å². The minimum atomic E-state index is -0.178. The standard InChI is InChI=1S/C16H14ClN5O2S2/c1-24-12-4-2-3-11(7-12)19-15-21-22-16(26-15)25-9-14(23)20-13-6-5-10(17)8-18-13/h2-8H,9H2,1H3,(H,19,21)(H,18,20,23). The number of hydrogen-bond acceptors (Lipinski definition) is 8. The second kappa shape index (κ2) is 8.84. The number of nitrogens with one attached hydrogen (secondary N) is 2. The molecular weight excluding hydrogens is 394 g/mol. The lowest BCUT2D eigenvalue weighted by Crippen LogP contribution is -2.14. The first-order chi connectivity index (χ1) is 12.6. The summed E-state index contributed by atoms with van der Waals surface area (Å²) in [6, 6.07) is 10.8. The fourth-order valence-corrected chi connectivity index (χ4v) is 3.58. The van der Waals surface area contributed by atoms with E-state index in [0.717, 1.165) is 11.4 Å². The normalized spacial score (nSPS) is 10.4. The predicted molar refractivity (Wildman–Crippen MR) is 105 cm³/mol. The maximum absolute atomic E-state index is 12.0. The van der Waals surface area contributed by atoms with E-state index < -0.39 is 0 Å². The smallest absolute Gasteiger partial charge is 0.235 e. The number of methoxy groups -OCH3 is 1. The summed E-state index contributed by atoms with van der Waals surface area (Å²) >= 11 is 8.43. The molecule has 2 heterocycles. The summed E-state index contributed by atoms with van der Waals surface area (Å²) in [6.07, 6.45) is 1.48. The lowest BCUT2D eigenvalue weighted by molar-refractivity contribution is -0.113. The van der Waals surface area contributed by atoms with E-state index in [9.17, 15) is 4.79 Å². The Labute approximate surface area is 163 Å². The van der Waals surface area contributed by atoms with Gasteiger partial charge in [0.05, 0.1) is 17.9 Å². The van der Waals surface area contributed by atoms with Gasteiger partial charge in [0.25, 0.3) is 0 Å². The Morgan fingerprint density at radius 2 is 2.19 bits per heavy atom. The highest BCUT2D eigenvalue weighted by Crippen LogP contribution is 2.28. The van der Waals surface area contributed by atoms with Gasteiger partial charge in [0, 0.05) is 18.0 Å². The van der Waals surface area contributed by atoms with Crippen LogP contribution in [0.4, 0.5) is 16.6 Å². The molecule has 0 aliphatic rings. The van der Waals surface area contributed by atoms with Crippen LogP contribution < -0.4 is 15.4 Å². The molecule has 3 rings (SSSR count). The molecule has 0 unspecified atom stereocenters. The molecule has 26 heavy (non-hydrogen) atoms. The second-order valence-electron chi connectivity index (χ2n) is 4.93. The number of nitrogens with zero attached hydrogens (tertiary/aromatic N) is 3. The van der Waals surface area contributed by atoms with Gasteiger partial charge in [-0.25, -0.2) is 4.98 Å². The molecule has 0 aliphatic heterocycles. The van der Waals surface area contributed by atoms with Gasteiger partial charge in [-0.15, -0.1) is 10.2 Å². The fourth-order valence-electron chi connectivity index (χ4n) is 1.90. The minimum absolute atomic E-state index is 0.178. The van der Waals surface area contributed by atoms with Gasteiger partial charge in [-0.1, -0.05) is 40.8 Å². The van der Waals surface area contributed by atoms with Gasteiger partial charge in [0.15, 0.2) is 4.34 Å². The van der Waals surface area contributed by atoms with Crippen molar-refractivity contribution in [2.45, 2.75) is 4.34 Å². The third-order valence-corrected chi connectivity index (χ3v) is 5.24. The first kappa shape index (κ1) is 18.4. The van der Waals surface area contributed by atoms with Crippen LogP contribution in [0, 0.1) is 0 Å². The maximum atomic E-state index is 12.0. The van der Waals surface area contributed by atoms with E-state index in [1.165, 1.54) is 29.3 Å². The summed E-state index contributed by atoms with van der Waals surface area (Å²) in [5, 5.41) is 15.2. The van der Waals surface area contributed by atoms with E-state index in [4.69, 9.17) is 16.3 Å². The summed E-state index contributed by atoms with van der Waals surface area (Å²) < 4.78 is 5.87. The van der Waals surface area contributed by atoms with E-state index in [1.807, 2.05) is 24.3 Å². The molecule has 0 saturated heterocycles. The van der Waals surface area contributed by atoms with Gasteiger partial charge in [0.1, 0.15) is 11.6 Å². The zero-order valence-corrected chi connectivity index (χ0v) is 16.0. The molecule has 0 atom stereocenters. The molecule has 0 saturated carbocycles. The van der Waals surface area contributed by atoms with Crippen LogP contribution in [-0.4, -0.2) is 34.0 Å². The van der Waals surface area contributed by atoms with Crippen LogP contribution in [0.1, 0.15) is 0 Å². The third-order valence-electron chi connectivity index (χ3n) is 3.05. The second-order valence-corrected chi connectivity index (χ2v) is 7.57. The molecule has 0 spiro atoms. The van der Waals surface area contributed by atoms with E-state index in [1.54, 1.807) is 19.2 Å². The number of pyridine rings is 1. The summed E-state index contributed by atoms with van der Waals surface area (Å²) in [5.74, 6) is 1.24. The number of ether oxygens (including phenoxy) is 1. The van der Waals surface area contributed by atoms with Crippen LogP contribution in [0.3, 0.4) is 0 Å². The number of aromatic nitrogens is 3. The zero-order valence-electron chi connectivity index (χ0n) is 13.6. The number of carbonyl (C=O) groups is 1. The average Bonchev–Trinajstić information content (AvgIpc) is 3.09. The van der Waals surface area contributed by atoms with Gasteiger partial charge in [-0.05, 0) is 24.3 Å². The Balaban J connectivity index is 1.51. The van der Waals surface area contributed by atoms with Crippen molar-refractivity contribution in [3.63, 3.8) is 0 Å². The first-order valence-corrected chi connectivity index (χ1v) is 9.59. The van der Waals surface area contributed by atoms with Crippen LogP contribution in [0.5, 0.6) is 5.75 Å². The zero-order chi connectivity index (χ0) is 18.4. The van der Waals surface area contributed by atoms with E-state index in [2.05, 4.69) is 25.8 Å².